The van der Waals surface area contributed by atoms with Crippen molar-refractivity contribution < 1.29 is 14.0 Å². The number of hydrogen-bond donors (Lipinski definition) is 0. The Morgan fingerprint density at radius 3 is 2.04 bits per heavy atom. The van der Waals surface area contributed by atoms with E-state index in [-0.39, 0.29) is 11.8 Å². The number of furan rings is 1. The zero-order chi connectivity index (χ0) is 17.1. The fourth-order valence-electron chi connectivity index (χ4n) is 2.91. The predicted octanol–water partition coefficient (Wildman–Crippen LogP) is 2.75. The van der Waals surface area contributed by atoms with Crippen LogP contribution < -0.4 is 0 Å². The fourth-order valence-corrected chi connectivity index (χ4v) is 2.91. The molecule has 0 aliphatic carbocycles. The molecule has 0 N–H and O–H groups in total. The second-order valence-corrected chi connectivity index (χ2v) is 6.07. The van der Waals surface area contributed by atoms with Crippen molar-refractivity contribution in [2.75, 3.05) is 26.2 Å². The van der Waals surface area contributed by atoms with Crippen LogP contribution in [0.4, 0.5) is 0 Å². The molecule has 1 aromatic heterocycles. The Hall–Kier alpha value is -2.56. The second kappa shape index (κ2) is 6.91. The molecule has 1 aliphatic heterocycles. The molecule has 126 valence electrons. The van der Waals surface area contributed by atoms with Crippen LogP contribution in [0.3, 0.4) is 0 Å². The summed E-state index contributed by atoms with van der Waals surface area (Å²) >= 11 is 0. The molecule has 1 saturated heterocycles. The average Bonchev–Trinajstić information content (AvgIpc) is 3.06. The third-order valence-electron chi connectivity index (χ3n) is 4.52. The lowest BCUT2D eigenvalue weighted by Crippen LogP contribution is -2.50. The van der Waals surface area contributed by atoms with Crippen LogP contribution in [0.1, 0.15) is 39.0 Å². The Morgan fingerprint density at radius 2 is 1.54 bits per heavy atom. The number of piperazine rings is 1. The molecule has 0 atom stereocenters. The van der Waals surface area contributed by atoms with Gasteiger partial charge in [0, 0.05) is 37.3 Å². The SMILES string of the molecule is CCc1ccc(C(=O)N2CCN(C(=O)c3occc3C)CC2)cc1. The number of rotatable bonds is 3. The number of hydrogen-bond acceptors (Lipinski definition) is 3. The van der Waals surface area contributed by atoms with Gasteiger partial charge in [-0.2, -0.15) is 0 Å². The molecule has 1 aromatic carbocycles. The van der Waals surface area contributed by atoms with Gasteiger partial charge in [-0.05, 0) is 37.1 Å². The minimum absolute atomic E-state index is 0.0268. The Balaban J connectivity index is 1.61. The van der Waals surface area contributed by atoms with Gasteiger partial charge in [0.2, 0.25) is 0 Å². The predicted molar refractivity (Wildman–Crippen MR) is 91.1 cm³/mol. The number of carbonyl (C=O) groups excluding carboxylic acids is 2. The summed E-state index contributed by atoms with van der Waals surface area (Å²) in [6.07, 6.45) is 2.49. The van der Waals surface area contributed by atoms with Gasteiger partial charge < -0.3 is 14.2 Å². The number of carbonyl (C=O) groups is 2. The van der Waals surface area contributed by atoms with E-state index in [2.05, 4.69) is 6.92 Å². The molecule has 1 aliphatic rings. The van der Waals surface area contributed by atoms with Crippen molar-refractivity contribution in [1.29, 1.82) is 0 Å². The van der Waals surface area contributed by atoms with Gasteiger partial charge in [0.05, 0.1) is 6.26 Å². The van der Waals surface area contributed by atoms with Crippen molar-refractivity contribution in [3.63, 3.8) is 0 Å². The van der Waals surface area contributed by atoms with Crippen LogP contribution in [0, 0.1) is 6.92 Å². The smallest absolute Gasteiger partial charge is 0.289 e. The summed E-state index contributed by atoms with van der Waals surface area (Å²) in [5.74, 6) is 0.320. The average molecular weight is 326 g/mol. The third kappa shape index (κ3) is 3.20. The molecule has 2 aromatic rings. The van der Waals surface area contributed by atoms with E-state index < -0.39 is 0 Å². The normalized spacial score (nSPS) is 14.8. The number of amides is 2. The van der Waals surface area contributed by atoms with Gasteiger partial charge in [0.25, 0.3) is 11.8 Å². The minimum atomic E-state index is -0.100. The summed E-state index contributed by atoms with van der Waals surface area (Å²) in [6, 6.07) is 9.53. The van der Waals surface area contributed by atoms with E-state index in [4.69, 9.17) is 4.42 Å². The first-order chi connectivity index (χ1) is 11.6. The van der Waals surface area contributed by atoms with Gasteiger partial charge in [0.1, 0.15) is 0 Å². The summed E-state index contributed by atoms with van der Waals surface area (Å²) in [4.78, 5) is 28.5. The van der Waals surface area contributed by atoms with Crippen molar-refractivity contribution >= 4 is 11.8 Å². The van der Waals surface area contributed by atoms with Gasteiger partial charge in [0.15, 0.2) is 5.76 Å². The Labute approximate surface area is 141 Å². The molecule has 0 spiro atoms. The Kier molecular flexibility index (Phi) is 4.69. The van der Waals surface area contributed by atoms with E-state index in [1.54, 1.807) is 15.9 Å². The second-order valence-electron chi connectivity index (χ2n) is 6.07. The monoisotopic (exact) mass is 326 g/mol. The quantitative estimate of drug-likeness (QED) is 0.871. The van der Waals surface area contributed by atoms with Gasteiger partial charge in [-0.3, -0.25) is 9.59 Å². The van der Waals surface area contributed by atoms with Crippen molar-refractivity contribution in [3.8, 4) is 0 Å². The number of aryl methyl sites for hydroxylation is 2. The minimum Gasteiger partial charge on any atom is -0.459 e. The molecule has 0 bridgehead atoms. The molecule has 0 saturated carbocycles. The van der Waals surface area contributed by atoms with Crippen LogP contribution in [-0.4, -0.2) is 47.8 Å². The van der Waals surface area contributed by atoms with Crippen LogP contribution in [-0.2, 0) is 6.42 Å². The molecule has 5 nitrogen and oxygen atoms in total. The van der Waals surface area contributed by atoms with Gasteiger partial charge in [-0.1, -0.05) is 19.1 Å². The molecular formula is C19H22N2O3. The molecule has 5 heteroatoms. The summed E-state index contributed by atoms with van der Waals surface area (Å²) in [5.41, 5.74) is 2.76. The maximum Gasteiger partial charge on any atom is 0.289 e. The molecule has 2 heterocycles. The molecule has 2 amide bonds. The van der Waals surface area contributed by atoms with Crippen molar-refractivity contribution in [2.24, 2.45) is 0 Å². The molecule has 3 rings (SSSR count). The van der Waals surface area contributed by atoms with Gasteiger partial charge >= 0.3 is 0 Å². The maximum atomic E-state index is 12.6. The van der Waals surface area contributed by atoms with E-state index in [1.807, 2.05) is 31.2 Å². The van der Waals surface area contributed by atoms with Crippen molar-refractivity contribution in [2.45, 2.75) is 20.3 Å². The highest BCUT2D eigenvalue weighted by Crippen LogP contribution is 2.15. The van der Waals surface area contributed by atoms with Crippen LogP contribution >= 0.6 is 0 Å². The highest BCUT2D eigenvalue weighted by molar-refractivity contribution is 5.95. The first-order valence-corrected chi connectivity index (χ1v) is 8.31. The van der Waals surface area contributed by atoms with E-state index in [0.717, 1.165) is 12.0 Å². The Morgan fingerprint density at radius 1 is 0.958 bits per heavy atom. The van der Waals surface area contributed by atoms with Crippen LogP contribution in [0.5, 0.6) is 0 Å². The highest BCUT2D eigenvalue weighted by atomic mass is 16.3. The molecule has 24 heavy (non-hydrogen) atoms. The summed E-state index contributed by atoms with van der Waals surface area (Å²) < 4.78 is 5.27. The van der Waals surface area contributed by atoms with Crippen LogP contribution in [0.25, 0.3) is 0 Å². The van der Waals surface area contributed by atoms with Gasteiger partial charge in [-0.15, -0.1) is 0 Å². The zero-order valence-electron chi connectivity index (χ0n) is 14.1. The van der Waals surface area contributed by atoms with E-state index >= 15 is 0 Å². The van der Waals surface area contributed by atoms with E-state index in [0.29, 0.717) is 37.5 Å². The lowest BCUT2D eigenvalue weighted by atomic mass is 10.1. The van der Waals surface area contributed by atoms with Crippen molar-refractivity contribution in [3.05, 3.63) is 59.0 Å². The molecule has 1 fully saturated rings. The molecule has 0 unspecified atom stereocenters. The maximum absolute atomic E-state index is 12.6. The van der Waals surface area contributed by atoms with Gasteiger partial charge in [-0.25, -0.2) is 0 Å². The number of benzene rings is 1. The van der Waals surface area contributed by atoms with Crippen LogP contribution in [0.15, 0.2) is 41.0 Å². The lowest BCUT2D eigenvalue weighted by molar-refractivity contribution is 0.0517. The topological polar surface area (TPSA) is 53.8 Å². The van der Waals surface area contributed by atoms with E-state index in [9.17, 15) is 9.59 Å². The lowest BCUT2D eigenvalue weighted by Gasteiger charge is -2.34. The summed E-state index contributed by atoms with van der Waals surface area (Å²) in [5, 5.41) is 0. The fraction of sp³-hybridized carbons (Fsp3) is 0.368. The standard InChI is InChI=1S/C19H22N2O3/c1-3-15-4-6-16(7-5-15)18(22)20-9-11-21(12-10-20)19(23)17-14(2)8-13-24-17/h4-8,13H,3,9-12H2,1-2H3. The van der Waals surface area contributed by atoms with Crippen molar-refractivity contribution in [1.82, 2.24) is 9.80 Å². The first kappa shape index (κ1) is 16.3. The largest absolute Gasteiger partial charge is 0.459 e. The highest BCUT2D eigenvalue weighted by Gasteiger charge is 2.27. The molecular weight excluding hydrogens is 304 g/mol. The van der Waals surface area contributed by atoms with Crippen LogP contribution in [0.2, 0.25) is 0 Å². The summed E-state index contributed by atoms with van der Waals surface area (Å²) in [7, 11) is 0. The first-order valence-electron chi connectivity index (χ1n) is 8.31. The summed E-state index contributed by atoms with van der Waals surface area (Å²) in [6.45, 7) is 6.08. The molecule has 0 radical (unpaired) electrons. The zero-order valence-corrected chi connectivity index (χ0v) is 14.1. The third-order valence-corrected chi connectivity index (χ3v) is 4.52. The Bertz CT molecular complexity index is 725. The van der Waals surface area contributed by atoms with E-state index in [1.165, 1.54) is 11.8 Å². The number of nitrogens with zero attached hydrogens (tertiary/aromatic N) is 2.